The van der Waals surface area contributed by atoms with E-state index in [1.165, 1.54) is 6.08 Å². The molecule has 0 aromatic rings. The van der Waals surface area contributed by atoms with Crippen LogP contribution in [0.15, 0.2) is 23.3 Å². The Labute approximate surface area is 108 Å². The summed E-state index contributed by atoms with van der Waals surface area (Å²) in [6, 6.07) is 0. The fourth-order valence-electron chi connectivity index (χ4n) is 1.91. The van der Waals surface area contributed by atoms with E-state index in [4.69, 9.17) is 14.9 Å². The van der Waals surface area contributed by atoms with Crippen LogP contribution in [0.3, 0.4) is 0 Å². The Balaban J connectivity index is 2.50. The van der Waals surface area contributed by atoms with Crippen LogP contribution in [-0.4, -0.2) is 28.1 Å². The standard InChI is InChI=1S/C14H22O4/c1-14(2,3)18-13(17)9-11-6-4-10(5-7-11)8-12(15)16/h8-9,12,15-16H,4-7H2,1-3H3. The van der Waals surface area contributed by atoms with Crippen molar-refractivity contribution in [2.45, 2.75) is 58.3 Å². The Hall–Kier alpha value is -1.13. The first kappa shape index (κ1) is 14.9. The zero-order chi connectivity index (χ0) is 13.8. The number of carbonyl (C=O) groups excluding carboxylic acids is 1. The summed E-state index contributed by atoms with van der Waals surface area (Å²) in [6.07, 6.45) is 4.74. The zero-order valence-electron chi connectivity index (χ0n) is 11.3. The summed E-state index contributed by atoms with van der Waals surface area (Å²) >= 11 is 0. The number of esters is 1. The number of aliphatic hydroxyl groups is 2. The van der Waals surface area contributed by atoms with Gasteiger partial charge in [-0.2, -0.15) is 0 Å². The molecule has 2 N–H and O–H groups in total. The summed E-state index contributed by atoms with van der Waals surface area (Å²) in [5.41, 5.74) is 1.63. The molecular formula is C14H22O4. The Kier molecular flexibility index (Phi) is 5.11. The monoisotopic (exact) mass is 254 g/mol. The minimum Gasteiger partial charge on any atom is -0.457 e. The topological polar surface area (TPSA) is 66.8 Å². The minimum atomic E-state index is -1.38. The molecule has 0 unspecified atom stereocenters. The Morgan fingerprint density at radius 2 is 1.67 bits per heavy atom. The van der Waals surface area contributed by atoms with E-state index < -0.39 is 11.9 Å². The van der Waals surface area contributed by atoms with Crippen molar-refractivity contribution in [1.29, 1.82) is 0 Å². The third kappa shape index (κ3) is 5.98. The molecule has 0 bridgehead atoms. The van der Waals surface area contributed by atoms with Gasteiger partial charge in [-0.3, -0.25) is 0 Å². The van der Waals surface area contributed by atoms with Crippen molar-refractivity contribution in [2.24, 2.45) is 0 Å². The second-order valence-corrected chi connectivity index (χ2v) is 5.57. The molecule has 0 aliphatic heterocycles. The molecule has 0 amide bonds. The highest BCUT2D eigenvalue weighted by Crippen LogP contribution is 2.28. The van der Waals surface area contributed by atoms with Crippen molar-refractivity contribution < 1.29 is 19.7 Å². The van der Waals surface area contributed by atoms with Crippen LogP contribution in [0.25, 0.3) is 0 Å². The second-order valence-electron chi connectivity index (χ2n) is 5.57. The van der Waals surface area contributed by atoms with Crippen LogP contribution in [0.5, 0.6) is 0 Å². The molecular weight excluding hydrogens is 232 g/mol. The third-order valence-corrected chi connectivity index (χ3v) is 2.65. The lowest BCUT2D eigenvalue weighted by molar-refractivity contribution is -0.148. The van der Waals surface area contributed by atoms with Gasteiger partial charge >= 0.3 is 5.97 Å². The summed E-state index contributed by atoms with van der Waals surface area (Å²) < 4.78 is 5.22. The fraction of sp³-hybridized carbons (Fsp3) is 0.643. The highest BCUT2D eigenvalue weighted by molar-refractivity contribution is 5.83. The molecule has 102 valence electrons. The molecule has 1 rings (SSSR count). The minimum absolute atomic E-state index is 0.299. The Morgan fingerprint density at radius 3 is 2.11 bits per heavy atom. The number of hydrogen-bond acceptors (Lipinski definition) is 4. The first-order valence-corrected chi connectivity index (χ1v) is 6.24. The number of carbonyl (C=O) groups is 1. The predicted octanol–water partition coefficient (Wildman–Crippen LogP) is 2.07. The maximum atomic E-state index is 11.6. The van der Waals surface area contributed by atoms with E-state index in [0.29, 0.717) is 0 Å². The summed E-state index contributed by atoms with van der Waals surface area (Å²) in [5, 5.41) is 17.7. The zero-order valence-corrected chi connectivity index (χ0v) is 11.3. The Morgan fingerprint density at radius 1 is 1.17 bits per heavy atom. The Bertz CT molecular complexity index is 346. The average Bonchev–Trinajstić information content (AvgIpc) is 2.17. The first-order chi connectivity index (χ1) is 8.26. The van der Waals surface area contributed by atoms with Crippen LogP contribution in [0, 0.1) is 0 Å². The van der Waals surface area contributed by atoms with Crippen molar-refractivity contribution >= 4 is 5.97 Å². The molecule has 1 fully saturated rings. The second kappa shape index (κ2) is 6.16. The molecule has 1 saturated carbocycles. The van der Waals surface area contributed by atoms with E-state index in [1.807, 2.05) is 20.8 Å². The third-order valence-electron chi connectivity index (χ3n) is 2.65. The molecule has 4 heteroatoms. The lowest BCUT2D eigenvalue weighted by Gasteiger charge is -2.20. The van der Waals surface area contributed by atoms with Crippen LogP contribution in [-0.2, 0) is 9.53 Å². The highest BCUT2D eigenvalue weighted by Gasteiger charge is 2.17. The lowest BCUT2D eigenvalue weighted by Crippen LogP contribution is -2.23. The highest BCUT2D eigenvalue weighted by atomic mass is 16.6. The van der Waals surface area contributed by atoms with Crippen molar-refractivity contribution in [2.75, 3.05) is 0 Å². The van der Waals surface area contributed by atoms with E-state index in [0.717, 1.165) is 36.8 Å². The van der Waals surface area contributed by atoms with Crippen LogP contribution >= 0.6 is 0 Å². The number of allylic oxidation sites excluding steroid dienone is 2. The van der Waals surface area contributed by atoms with E-state index in [2.05, 4.69) is 0 Å². The van der Waals surface area contributed by atoms with Gasteiger partial charge in [0.1, 0.15) is 5.60 Å². The molecule has 18 heavy (non-hydrogen) atoms. The average molecular weight is 254 g/mol. The first-order valence-electron chi connectivity index (χ1n) is 6.24. The van der Waals surface area contributed by atoms with E-state index in [-0.39, 0.29) is 5.97 Å². The van der Waals surface area contributed by atoms with Crippen LogP contribution in [0.1, 0.15) is 46.5 Å². The maximum Gasteiger partial charge on any atom is 0.331 e. The smallest absolute Gasteiger partial charge is 0.331 e. The number of ether oxygens (including phenoxy) is 1. The van der Waals surface area contributed by atoms with Gasteiger partial charge in [0.15, 0.2) is 6.29 Å². The molecule has 0 spiro atoms. The summed E-state index contributed by atoms with van der Waals surface area (Å²) in [6.45, 7) is 5.52. The maximum absolute atomic E-state index is 11.6. The number of rotatable bonds is 2. The SMILES string of the molecule is CC(C)(C)OC(=O)C=C1CCC(=CC(O)O)CC1. The van der Waals surface area contributed by atoms with E-state index in [1.54, 1.807) is 6.08 Å². The molecule has 0 radical (unpaired) electrons. The lowest BCUT2D eigenvalue weighted by atomic mass is 9.90. The van der Waals surface area contributed by atoms with Crippen molar-refractivity contribution in [3.63, 3.8) is 0 Å². The number of hydrogen-bond donors (Lipinski definition) is 2. The van der Waals surface area contributed by atoms with Gasteiger partial charge in [-0.1, -0.05) is 11.1 Å². The predicted molar refractivity (Wildman–Crippen MR) is 68.7 cm³/mol. The van der Waals surface area contributed by atoms with Crippen LogP contribution in [0.4, 0.5) is 0 Å². The van der Waals surface area contributed by atoms with Crippen molar-refractivity contribution in [1.82, 2.24) is 0 Å². The van der Waals surface area contributed by atoms with E-state index in [9.17, 15) is 4.79 Å². The number of aliphatic hydroxyl groups excluding tert-OH is 1. The largest absolute Gasteiger partial charge is 0.457 e. The quantitative estimate of drug-likeness (QED) is 0.342. The molecule has 0 heterocycles. The molecule has 1 aliphatic rings. The van der Waals surface area contributed by atoms with E-state index >= 15 is 0 Å². The van der Waals surface area contributed by atoms with Crippen molar-refractivity contribution in [3.05, 3.63) is 23.3 Å². The summed E-state index contributed by atoms with van der Waals surface area (Å²) in [7, 11) is 0. The molecule has 0 aromatic heterocycles. The normalized spacial score (nSPS) is 16.8. The van der Waals surface area contributed by atoms with Gasteiger partial charge in [-0.25, -0.2) is 4.79 Å². The van der Waals surface area contributed by atoms with Gasteiger partial charge < -0.3 is 14.9 Å². The fourth-order valence-corrected chi connectivity index (χ4v) is 1.91. The molecule has 0 aromatic carbocycles. The molecule has 4 nitrogen and oxygen atoms in total. The molecule has 0 atom stereocenters. The van der Waals surface area contributed by atoms with Gasteiger partial charge in [-0.05, 0) is 52.5 Å². The van der Waals surface area contributed by atoms with Gasteiger partial charge in [-0.15, -0.1) is 0 Å². The summed E-state index contributed by atoms with van der Waals surface area (Å²) in [4.78, 5) is 11.6. The summed E-state index contributed by atoms with van der Waals surface area (Å²) in [5.74, 6) is -0.299. The molecule has 1 aliphatic carbocycles. The van der Waals surface area contributed by atoms with Gasteiger partial charge in [0.05, 0.1) is 0 Å². The van der Waals surface area contributed by atoms with Gasteiger partial charge in [0.2, 0.25) is 0 Å². The van der Waals surface area contributed by atoms with Crippen LogP contribution < -0.4 is 0 Å². The van der Waals surface area contributed by atoms with Crippen LogP contribution in [0.2, 0.25) is 0 Å². The molecule has 0 saturated heterocycles. The van der Waals surface area contributed by atoms with Gasteiger partial charge in [0, 0.05) is 6.08 Å². The van der Waals surface area contributed by atoms with Gasteiger partial charge in [0.25, 0.3) is 0 Å². The van der Waals surface area contributed by atoms with Crippen molar-refractivity contribution in [3.8, 4) is 0 Å².